The van der Waals surface area contributed by atoms with Gasteiger partial charge in [0.2, 0.25) is 5.91 Å². The third-order valence-electron chi connectivity index (χ3n) is 5.73. The molecule has 148 valence electrons. The van der Waals surface area contributed by atoms with Gasteiger partial charge in [0.1, 0.15) is 5.82 Å². The van der Waals surface area contributed by atoms with Gasteiger partial charge in [0.25, 0.3) is 0 Å². The van der Waals surface area contributed by atoms with Crippen molar-refractivity contribution >= 4 is 11.6 Å². The zero-order valence-corrected chi connectivity index (χ0v) is 16.5. The number of amides is 1. The first kappa shape index (κ1) is 18.9. The molecule has 0 N–H and O–H groups in total. The smallest absolute Gasteiger partial charge is 0.236 e. The van der Waals surface area contributed by atoms with Gasteiger partial charge in [-0.2, -0.15) is 0 Å². The number of hydrogen-bond acceptors (Lipinski definition) is 3. The van der Waals surface area contributed by atoms with Crippen LogP contribution in [0.5, 0.6) is 0 Å². The number of carbonyl (C=O) groups excluding carboxylic acids is 1. The highest BCUT2D eigenvalue weighted by molar-refractivity contribution is 5.78. The predicted molar refractivity (Wildman–Crippen MR) is 110 cm³/mol. The van der Waals surface area contributed by atoms with Crippen LogP contribution < -0.4 is 4.90 Å². The van der Waals surface area contributed by atoms with Crippen LogP contribution in [0, 0.1) is 12.7 Å². The van der Waals surface area contributed by atoms with Crippen molar-refractivity contribution in [1.29, 1.82) is 0 Å². The molecule has 2 aromatic rings. The standard InChI is InChI=1S/C23H28FN3O/c1-18-5-4-7-21(15-18)25-11-13-26(14-12-25)23(28)17-27(20-9-10-20)16-19-6-2-3-8-22(19)24/h2-8,15,20H,9-14,16-17H2,1H3. The lowest BCUT2D eigenvalue weighted by Gasteiger charge is -2.37. The van der Waals surface area contributed by atoms with Gasteiger partial charge in [-0.3, -0.25) is 9.69 Å². The molecule has 4 rings (SSSR count). The Morgan fingerprint density at radius 3 is 2.50 bits per heavy atom. The molecule has 1 saturated carbocycles. The van der Waals surface area contributed by atoms with Crippen LogP contribution in [0.15, 0.2) is 48.5 Å². The first-order chi connectivity index (χ1) is 13.6. The number of nitrogens with zero attached hydrogens (tertiary/aromatic N) is 3. The molecule has 4 nitrogen and oxygen atoms in total. The van der Waals surface area contributed by atoms with Crippen molar-refractivity contribution in [3.63, 3.8) is 0 Å². The van der Waals surface area contributed by atoms with Crippen molar-refractivity contribution < 1.29 is 9.18 Å². The Morgan fingerprint density at radius 2 is 1.82 bits per heavy atom. The first-order valence-electron chi connectivity index (χ1n) is 10.2. The van der Waals surface area contributed by atoms with Crippen LogP contribution in [0.25, 0.3) is 0 Å². The third-order valence-corrected chi connectivity index (χ3v) is 5.73. The molecule has 1 heterocycles. The molecule has 0 unspecified atom stereocenters. The topological polar surface area (TPSA) is 26.8 Å². The summed E-state index contributed by atoms with van der Waals surface area (Å²) in [6.45, 7) is 6.18. The van der Waals surface area contributed by atoms with Gasteiger partial charge in [-0.15, -0.1) is 0 Å². The minimum Gasteiger partial charge on any atom is -0.368 e. The summed E-state index contributed by atoms with van der Waals surface area (Å²) < 4.78 is 14.0. The molecule has 2 aromatic carbocycles. The fourth-order valence-electron chi connectivity index (χ4n) is 3.91. The number of carbonyl (C=O) groups is 1. The van der Waals surface area contributed by atoms with E-state index < -0.39 is 0 Å². The number of aryl methyl sites for hydroxylation is 1. The van der Waals surface area contributed by atoms with Gasteiger partial charge in [-0.1, -0.05) is 30.3 Å². The lowest BCUT2D eigenvalue weighted by molar-refractivity contribution is -0.133. The largest absolute Gasteiger partial charge is 0.368 e. The van der Waals surface area contributed by atoms with Crippen molar-refractivity contribution in [2.45, 2.75) is 32.4 Å². The second-order valence-corrected chi connectivity index (χ2v) is 7.93. The zero-order chi connectivity index (χ0) is 19.5. The molecule has 0 spiro atoms. The fourth-order valence-corrected chi connectivity index (χ4v) is 3.91. The Labute approximate surface area is 166 Å². The average molecular weight is 381 g/mol. The zero-order valence-electron chi connectivity index (χ0n) is 16.5. The van der Waals surface area contributed by atoms with Gasteiger partial charge in [0, 0.05) is 50.0 Å². The first-order valence-corrected chi connectivity index (χ1v) is 10.2. The van der Waals surface area contributed by atoms with Gasteiger partial charge < -0.3 is 9.80 Å². The molecule has 0 radical (unpaired) electrons. The maximum atomic E-state index is 14.0. The van der Waals surface area contributed by atoms with E-state index >= 15 is 0 Å². The van der Waals surface area contributed by atoms with E-state index in [9.17, 15) is 9.18 Å². The average Bonchev–Trinajstić information content (AvgIpc) is 3.54. The minimum atomic E-state index is -0.188. The van der Waals surface area contributed by atoms with Crippen LogP contribution in [0.4, 0.5) is 10.1 Å². The van der Waals surface area contributed by atoms with Crippen molar-refractivity contribution in [3.8, 4) is 0 Å². The van der Waals surface area contributed by atoms with Crippen LogP contribution in [-0.4, -0.2) is 54.5 Å². The number of hydrogen-bond donors (Lipinski definition) is 0. The van der Waals surface area contributed by atoms with Crippen molar-refractivity contribution in [3.05, 3.63) is 65.5 Å². The summed E-state index contributed by atoms with van der Waals surface area (Å²) in [5, 5.41) is 0. The highest BCUT2D eigenvalue weighted by Gasteiger charge is 2.32. The minimum absolute atomic E-state index is 0.159. The Balaban J connectivity index is 1.33. The summed E-state index contributed by atoms with van der Waals surface area (Å²) in [6.07, 6.45) is 2.20. The van der Waals surface area contributed by atoms with Gasteiger partial charge in [-0.25, -0.2) is 4.39 Å². The second kappa shape index (κ2) is 8.31. The van der Waals surface area contributed by atoms with E-state index in [1.54, 1.807) is 6.07 Å². The maximum absolute atomic E-state index is 14.0. The number of piperazine rings is 1. The SMILES string of the molecule is Cc1cccc(N2CCN(C(=O)CN(Cc3ccccc3F)C3CC3)CC2)c1. The van der Waals surface area contributed by atoms with Crippen LogP contribution in [0.1, 0.15) is 24.0 Å². The molecule has 1 aliphatic heterocycles. The Kier molecular flexibility index (Phi) is 5.62. The number of benzene rings is 2. The molecule has 2 aliphatic rings. The van der Waals surface area contributed by atoms with E-state index in [1.807, 2.05) is 17.0 Å². The molecule has 5 heteroatoms. The van der Waals surface area contributed by atoms with Gasteiger partial charge >= 0.3 is 0 Å². The van der Waals surface area contributed by atoms with E-state index in [0.29, 0.717) is 24.7 Å². The van der Waals surface area contributed by atoms with Gasteiger partial charge in [-0.05, 0) is 43.5 Å². The summed E-state index contributed by atoms with van der Waals surface area (Å²) >= 11 is 0. The van der Waals surface area contributed by atoms with Gasteiger partial charge in [0.15, 0.2) is 0 Å². The summed E-state index contributed by atoms with van der Waals surface area (Å²) in [4.78, 5) is 19.3. The number of anilines is 1. The number of halogens is 1. The van der Waals surface area contributed by atoms with E-state index in [1.165, 1.54) is 17.3 Å². The Morgan fingerprint density at radius 1 is 1.07 bits per heavy atom. The van der Waals surface area contributed by atoms with Crippen molar-refractivity contribution in [2.24, 2.45) is 0 Å². The van der Waals surface area contributed by atoms with E-state index in [2.05, 4.69) is 41.0 Å². The lowest BCUT2D eigenvalue weighted by atomic mass is 10.2. The Bertz CT molecular complexity index is 828. The molecule has 0 atom stereocenters. The molecule has 1 saturated heterocycles. The summed E-state index contributed by atoms with van der Waals surface area (Å²) in [5.41, 5.74) is 3.15. The normalized spacial score (nSPS) is 17.2. The molecule has 1 amide bonds. The summed E-state index contributed by atoms with van der Waals surface area (Å²) in [5.74, 6) is -0.0282. The van der Waals surface area contributed by atoms with Gasteiger partial charge in [0.05, 0.1) is 6.54 Å². The van der Waals surface area contributed by atoms with Crippen LogP contribution in [-0.2, 0) is 11.3 Å². The van der Waals surface area contributed by atoms with Crippen molar-refractivity contribution in [2.75, 3.05) is 37.6 Å². The van der Waals surface area contributed by atoms with E-state index in [4.69, 9.17) is 0 Å². The molecular weight excluding hydrogens is 353 g/mol. The van der Waals surface area contributed by atoms with E-state index in [0.717, 1.165) is 39.0 Å². The third kappa shape index (κ3) is 4.53. The lowest BCUT2D eigenvalue weighted by Crippen LogP contribution is -2.51. The summed E-state index contributed by atoms with van der Waals surface area (Å²) in [7, 11) is 0. The molecular formula is C23H28FN3O. The molecule has 28 heavy (non-hydrogen) atoms. The highest BCUT2D eigenvalue weighted by Crippen LogP contribution is 2.29. The molecule has 0 bridgehead atoms. The second-order valence-electron chi connectivity index (χ2n) is 7.93. The summed E-state index contributed by atoms with van der Waals surface area (Å²) in [6, 6.07) is 15.8. The van der Waals surface area contributed by atoms with Crippen LogP contribution >= 0.6 is 0 Å². The molecule has 0 aromatic heterocycles. The van der Waals surface area contributed by atoms with Crippen LogP contribution in [0.3, 0.4) is 0 Å². The molecule has 2 fully saturated rings. The predicted octanol–water partition coefficient (Wildman–Crippen LogP) is 3.45. The van der Waals surface area contributed by atoms with Crippen molar-refractivity contribution in [1.82, 2.24) is 9.80 Å². The quantitative estimate of drug-likeness (QED) is 0.767. The highest BCUT2D eigenvalue weighted by atomic mass is 19.1. The monoisotopic (exact) mass is 381 g/mol. The maximum Gasteiger partial charge on any atom is 0.236 e. The van der Waals surface area contributed by atoms with Crippen LogP contribution in [0.2, 0.25) is 0 Å². The number of rotatable bonds is 6. The van der Waals surface area contributed by atoms with E-state index in [-0.39, 0.29) is 11.7 Å². The fraction of sp³-hybridized carbons (Fsp3) is 0.435. The molecule has 1 aliphatic carbocycles. The Hall–Kier alpha value is -2.40.